The molecule has 1 atom stereocenters. The standard InChI is InChI=1S/C13H18ClFN2O2/c1-9(16)13(18)17(5-6-19-2)8-10-3-4-11(15)7-12(10)14/h3-4,7,9H,5-6,8,16H2,1-2H3/t9-/m0/s1. The van der Waals surface area contributed by atoms with E-state index in [0.29, 0.717) is 23.7 Å². The third-order valence-corrected chi connectivity index (χ3v) is 2.99. The van der Waals surface area contributed by atoms with E-state index in [-0.39, 0.29) is 12.5 Å². The van der Waals surface area contributed by atoms with Crippen molar-refractivity contribution in [1.82, 2.24) is 4.90 Å². The summed E-state index contributed by atoms with van der Waals surface area (Å²) in [5, 5.41) is 0.292. The predicted octanol–water partition coefficient (Wildman–Crippen LogP) is 1.80. The van der Waals surface area contributed by atoms with Crippen molar-refractivity contribution >= 4 is 17.5 Å². The largest absolute Gasteiger partial charge is 0.383 e. The van der Waals surface area contributed by atoms with Gasteiger partial charge in [0.1, 0.15) is 5.82 Å². The van der Waals surface area contributed by atoms with Gasteiger partial charge in [0.25, 0.3) is 0 Å². The Bertz CT molecular complexity index is 441. The highest BCUT2D eigenvalue weighted by atomic mass is 35.5. The van der Waals surface area contributed by atoms with Crippen molar-refractivity contribution in [3.63, 3.8) is 0 Å². The Morgan fingerprint density at radius 2 is 2.26 bits per heavy atom. The van der Waals surface area contributed by atoms with Crippen molar-refractivity contribution in [2.45, 2.75) is 19.5 Å². The summed E-state index contributed by atoms with van der Waals surface area (Å²) in [6, 6.07) is 3.50. The molecule has 0 aliphatic rings. The molecule has 1 aromatic carbocycles. The first-order valence-corrected chi connectivity index (χ1v) is 6.30. The van der Waals surface area contributed by atoms with Crippen LogP contribution >= 0.6 is 11.6 Å². The van der Waals surface area contributed by atoms with Crippen LogP contribution in [0.15, 0.2) is 18.2 Å². The summed E-state index contributed by atoms with van der Waals surface area (Å²) >= 11 is 5.95. The van der Waals surface area contributed by atoms with E-state index in [2.05, 4.69) is 0 Å². The summed E-state index contributed by atoms with van der Waals surface area (Å²) < 4.78 is 17.9. The fourth-order valence-corrected chi connectivity index (χ4v) is 1.84. The van der Waals surface area contributed by atoms with Crippen molar-refractivity contribution in [3.8, 4) is 0 Å². The van der Waals surface area contributed by atoms with E-state index in [1.54, 1.807) is 25.0 Å². The van der Waals surface area contributed by atoms with Gasteiger partial charge in [0, 0.05) is 25.2 Å². The first kappa shape index (κ1) is 15.9. The fourth-order valence-electron chi connectivity index (χ4n) is 1.61. The first-order chi connectivity index (χ1) is 8.95. The smallest absolute Gasteiger partial charge is 0.239 e. The summed E-state index contributed by atoms with van der Waals surface area (Å²) in [6.45, 7) is 2.71. The van der Waals surface area contributed by atoms with E-state index in [4.69, 9.17) is 22.1 Å². The predicted molar refractivity (Wildman–Crippen MR) is 72.4 cm³/mol. The van der Waals surface area contributed by atoms with Crippen molar-refractivity contribution < 1.29 is 13.9 Å². The zero-order valence-electron chi connectivity index (χ0n) is 11.0. The number of methoxy groups -OCH3 is 1. The molecule has 0 bridgehead atoms. The van der Waals surface area contributed by atoms with E-state index < -0.39 is 11.9 Å². The minimum absolute atomic E-state index is 0.197. The van der Waals surface area contributed by atoms with Crippen LogP contribution in [0.3, 0.4) is 0 Å². The zero-order valence-corrected chi connectivity index (χ0v) is 11.8. The number of rotatable bonds is 6. The lowest BCUT2D eigenvalue weighted by atomic mass is 10.2. The average molecular weight is 289 g/mol. The topological polar surface area (TPSA) is 55.6 Å². The second-order valence-electron chi connectivity index (χ2n) is 4.28. The minimum atomic E-state index is -0.601. The molecule has 0 radical (unpaired) electrons. The molecule has 0 heterocycles. The second-order valence-corrected chi connectivity index (χ2v) is 4.68. The fraction of sp³-hybridized carbons (Fsp3) is 0.462. The summed E-state index contributed by atoms with van der Waals surface area (Å²) in [7, 11) is 1.55. The van der Waals surface area contributed by atoms with E-state index in [1.165, 1.54) is 12.1 Å². The van der Waals surface area contributed by atoms with E-state index in [1.807, 2.05) is 0 Å². The summed E-state index contributed by atoms with van der Waals surface area (Å²) in [6.07, 6.45) is 0. The van der Waals surface area contributed by atoms with Gasteiger partial charge in [0.15, 0.2) is 0 Å². The maximum absolute atomic E-state index is 13.0. The van der Waals surface area contributed by atoms with Crippen LogP contribution < -0.4 is 5.73 Å². The number of hydrogen-bond donors (Lipinski definition) is 1. The highest BCUT2D eigenvalue weighted by Crippen LogP contribution is 2.19. The normalized spacial score (nSPS) is 12.3. The average Bonchev–Trinajstić information content (AvgIpc) is 2.36. The van der Waals surface area contributed by atoms with Crippen LogP contribution in [0, 0.1) is 5.82 Å². The van der Waals surface area contributed by atoms with E-state index in [0.717, 1.165) is 0 Å². The molecule has 0 unspecified atom stereocenters. The van der Waals surface area contributed by atoms with E-state index >= 15 is 0 Å². The molecule has 1 rings (SSSR count). The van der Waals surface area contributed by atoms with Gasteiger partial charge in [-0.1, -0.05) is 17.7 Å². The quantitative estimate of drug-likeness (QED) is 0.868. The number of carbonyl (C=O) groups is 1. The maximum Gasteiger partial charge on any atom is 0.239 e. The molecular weight excluding hydrogens is 271 g/mol. The molecule has 0 fully saturated rings. The molecule has 1 amide bonds. The Hall–Kier alpha value is -1.17. The van der Waals surface area contributed by atoms with Crippen molar-refractivity contribution in [3.05, 3.63) is 34.6 Å². The number of amides is 1. The monoisotopic (exact) mass is 288 g/mol. The van der Waals surface area contributed by atoms with Gasteiger partial charge in [-0.15, -0.1) is 0 Å². The Morgan fingerprint density at radius 3 is 2.79 bits per heavy atom. The van der Waals surface area contributed by atoms with Gasteiger partial charge in [0.05, 0.1) is 12.6 Å². The minimum Gasteiger partial charge on any atom is -0.383 e. The Morgan fingerprint density at radius 1 is 1.58 bits per heavy atom. The van der Waals surface area contributed by atoms with Gasteiger partial charge >= 0.3 is 0 Å². The molecule has 0 aromatic heterocycles. The van der Waals surface area contributed by atoms with Crippen LogP contribution in [0.4, 0.5) is 4.39 Å². The molecule has 0 saturated heterocycles. The summed E-state index contributed by atoms with van der Waals surface area (Å²) in [5.41, 5.74) is 6.27. The molecule has 106 valence electrons. The molecule has 0 spiro atoms. The summed E-state index contributed by atoms with van der Waals surface area (Å²) in [5.74, 6) is -0.604. The molecule has 2 N–H and O–H groups in total. The van der Waals surface area contributed by atoms with Crippen LogP contribution in [-0.2, 0) is 16.1 Å². The van der Waals surface area contributed by atoms with Crippen LogP contribution in [0.25, 0.3) is 0 Å². The lowest BCUT2D eigenvalue weighted by Gasteiger charge is -2.24. The van der Waals surface area contributed by atoms with Gasteiger partial charge in [0.2, 0.25) is 5.91 Å². The van der Waals surface area contributed by atoms with Crippen LogP contribution in [0.5, 0.6) is 0 Å². The van der Waals surface area contributed by atoms with Gasteiger partial charge < -0.3 is 15.4 Å². The molecule has 6 heteroatoms. The van der Waals surface area contributed by atoms with Crippen LogP contribution in [-0.4, -0.2) is 37.1 Å². The zero-order chi connectivity index (χ0) is 14.4. The highest BCUT2D eigenvalue weighted by Gasteiger charge is 2.18. The van der Waals surface area contributed by atoms with Gasteiger partial charge in [-0.05, 0) is 24.6 Å². The highest BCUT2D eigenvalue weighted by molar-refractivity contribution is 6.31. The van der Waals surface area contributed by atoms with E-state index in [9.17, 15) is 9.18 Å². The Labute approximate surface area is 117 Å². The molecular formula is C13H18ClFN2O2. The molecule has 4 nitrogen and oxygen atoms in total. The number of benzene rings is 1. The Kier molecular flexibility index (Phi) is 6.21. The number of nitrogens with two attached hydrogens (primary N) is 1. The first-order valence-electron chi connectivity index (χ1n) is 5.93. The molecule has 19 heavy (non-hydrogen) atoms. The van der Waals surface area contributed by atoms with Gasteiger partial charge in [-0.25, -0.2) is 4.39 Å². The molecule has 0 saturated carbocycles. The van der Waals surface area contributed by atoms with Gasteiger partial charge in [-0.3, -0.25) is 4.79 Å². The molecule has 0 aliphatic heterocycles. The Balaban J connectivity index is 2.84. The van der Waals surface area contributed by atoms with Crippen molar-refractivity contribution in [2.24, 2.45) is 5.73 Å². The van der Waals surface area contributed by atoms with Gasteiger partial charge in [-0.2, -0.15) is 0 Å². The maximum atomic E-state index is 13.0. The summed E-state index contributed by atoms with van der Waals surface area (Å²) in [4.78, 5) is 13.5. The SMILES string of the molecule is COCCN(Cc1ccc(F)cc1Cl)C(=O)[C@H](C)N. The number of halogens is 2. The van der Waals surface area contributed by atoms with Crippen molar-refractivity contribution in [1.29, 1.82) is 0 Å². The molecule has 1 aromatic rings. The third kappa shape index (κ3) is 4.78. The lowest BCUT2D eigenvalue weighted by Crippen LogP contribution is -2.43. The van der Waals surface area contributed by atoms with Crippen LogP contribution in [0.1, 0.15) is 12.5 Å². The van der Waals surface area contributed by atoms with Crippen molar-refractivity contribution in [2.75, 3.05) is 20.3 Å². The number of ether oxygens (including phenoxy) is 1. The lowest BCUT2D eigenvalue weighted by molar-refractivity contribution is -0.133. The number of carbonyl (C=O) groups excluding carboxylic acids is 1. The number of hydrogen-bond acceptors (Lipinski definition) is 3. The molecule has 0 aliphatic carbocycles. The van der Waals surface area contributed by atoms with Crippen LogP contribution in [0.2, 0.25) is 5.02 Å². The third-order valence-electron chi connectivity index (χ3n) is 2.64. The second kappa shape index (κ2) is 7.43. The number of nitrogens with zero attached hydrogens (tertiary/aromatic N) is 1.